The molecule has 6 nitrogen and oxygen atoms in total. The SMILES string of the molecule is C#CCONc1ccc(C(N)=O)nn1. The zero-order valence-electron chi connectivity index (χ0n) is 7.23. The first-order chi connectivity index (χ1) is 6.74. The van der Waals surface area contributed by atoms with Crippen LogP contribution < -0.4 is 11.2 Å². The van der Waals surface area contributed by atoms with Crippen molar-refractivity contribution < 1.29 is 9.63 Å². The molecule has 0 spiro atoms. The maximum atomic E-state index is 10.6. The number of primary amides is 1. The number of amides is 1. The van der Waals surface area contributed by atoms with Crippen molar-refractivity contribution >= 4 is 11.7 Å². The third-order valence-electron chi connectivity index (χ3n) is 1.25. The van der Waals surface area contributed by atoms with Gasteiger partial charge in [-0.05, 0) is 12.1 Å². The highest BCUT2D eigenvalue weighted by molar-refractivity contribution is 5.90. The molecule has 1 rings (SSSR count). The number of hydrogen-bond acceptors (Lipinski definition) is 5. The molecule has 0 radical (unpaired) electrons. The van der Waals surface area contributed by atoms with Gasteiger partial charge in [0.2, 0.25) is 0 Å². The molecule has 14 heavy (non-hydrogen) atoms. The fourth-order valence-electron chi connectivity index (χ4n) is 0.670. The largest absolute Gasteiger partial charge is 0.364 e. The summed E-state index contributed by atoms with van der Waals surface area (Å²) < 4.78 is 0. The van der Waals surface area contributed by atoms with Gasteiger partial charge in [-0.15, -0.1) is 16.6 Å². The van der Waals surface area contributed by atoms with Gasteiger partial charge in [-0.3, -0.25) is 9.63 Å². The van der Waals surface area contributed by atoms with Crippen LogP contribution in [0.15, 0.2) is 12.1 Å². The standard InChI is InChI=1S/C8H8N4O2/c1-2-5-14-12-7-4-3-6(8(9)13)10-11-7/h1,3-4H,5H2,(H2,9,13)(H,11,12). The molecule has 0 saturated heterocycles. The Morgan fingerprint density at radius 3 is 2.93 bits per heavy atom. The molecule has 1 heterocycles. The average Bonchev–Trinajstić information content (AvgIpc) is 2.19. The number of carbonyl (C=O) groups is 1. The minimum Gasteiger partial charge on any atom is -0.364 e. The monoisotopic (exact) mass is 192 g/mol. The van der Waals surface area contributed by atoms with Crippen LogP contribution >= 0.6 is 0 Å². The lowest BCUT2D eigenvalue weighted by molar-refractivity contribution is 0.0994. The molecule has 0 saturated carbocycles. The first kappa shape index (κ1) is 9.95. The van der Waals surface area contributed by atoms with Gasteiger partial charge < -0.3 is 5.73 Å². The molecular formula is C8H8N4O2. The summed E-state index contributed by atoms with van der Waals surface area (Å²) >= 11 is 0. The minimum absolute atomic E-state index is 0.0903. The van der Waals surface area contributed by atoms with Crippen LogP contribution in [0.5, 0.6) is 0 Å². The van der Waals surface area contributed by atoms with Crippen LogP contribution in [-0.2, 0) is 4.84 Å². The van der Waals surface area contributed by atoms with E-state index in [0.717, 1.165) is 0 Å². The fraction of sp³-hybridized carbons (Fsp3) is 0.125. The molecule has 0 aliphatic rings. The minimum atomic E-state index is -0.631. The van der Waals surface area contributed by atoms with Crippen molar-refractivity contribution in [2.45, 2.75) is 0 Å². The second kappa shape index (κ2) is 4.79. The molecular weight excluding hydrogens is 184 g/mol. The number of anilines is 1. The highest BCUT2D eigenvalue weighted by atomic mass is 16.6. The number of nitrogens with two attached hydrogens (primary N) is 1. The predicted octanol–water partition coefficient (Wildman–Crippen LogP) is -0.448. The van der Waals surface area contributed by atoms with Gasteiger partial charge in [0.1, 0.15) is 6.61 Å². The van der Waals surface area contributed by atoms with E-state index >= 15 is 0 Å². The molecule has 0 fully saturated rings. The Kier molecular flexibility index (Phi) is 3.41. The lowest BCUT2D eigenvalue weighted by atomic mass is 10.4. The quantitative estimate of drug-likeness (QED) is 0.383. The van der Waals surface area contributed by atoms with Crippen LogP contribution in [0, 0.1) is 12.3 Å². The van der Waals surface area contributed by atoms with Gasteiger partial charge in [-0.1, -0.05) is 5.92 Å². The van der Waals surface area contributed by atoms with Crippen molar-refractivity contribution in [2.75, 3.05) is 12.1 Å². The first-order valence-corrected chi connectivity index (χ1v) is 3.69. The van der Waals surface area contributed by atoms with E-state index in [2.05, 4.69) is 21.6 Å². The van der Waals surface area contributed by atoms with Crippen LogP contribution in [0.4, 0.5) is 5.82 Å². The van der Waals surface area contributed by atoms with Crippen LogP contribution in [0.1, 0.15) is 10.5 Å². The van der Waals surface area contributed by atoms with Gasteiger partial charge in [0.05, 0.1) is 0 Å². The maximum Gasteiger partial charge on any atom is 0.269 e. The Hall–Kier alpha value is -2.13. The zero-order valence-corrected chi connectivity index (χ0v) is 7.23. The number of hydrogen-bond donors (Lipinski definition) is 2. The number of nitrogens with one attached hydrogen (secondary N) is 1. The predicted molar refractivity (Wildman–Crippen MR) is 49.0 cm³/mol. The summed E-state index contributed by atoms with van der Waals surface area (Å²) in [6, 6.07) is 2.93. The molecule has 6 heteroatoms. The third-order valence-corrected chi connectivity index (χ3v) is 1.25. The second-order valence-corrected chi connectivity index (χ2v) is 2.26. The summed E-state index contributed by atoms with van der Waals surface area (Å²) in [5.74, 6) is 1.98. The molecule has 3 N–H and O–H groups in total. The molecule has 0 aromatic carbocycles. The average molecular weight is 192 g/mol. The molecule has 0 bridgehead atoms. The highest BCUT2D eigenvalue weighted by Crippen LogP contribution is 2.00. The van der Waals surface area contributed by atoms with E-state index < -0.39 is 5.91 Å². The van der Waals surface area contributed by atoms with Crippen molar-refractivity contribution in [3.8, 4) is 12.3 Å². The van der Waals surface area contributed by atoms with Crippen molar-refractivity contribution in [1.82, 2.24) is 10.2 Å². The summed E-state index contributed by atoms with van der Waals surface area (Å²) in [7, 11) is 0. The topological polar surface area (TPSA) is 90.1 Å². The number of carbonyl (C=O) groups excluding carboxylic acids is 1. The molecule has 72 valence electrons. The Balaban J connectivity index is 2.56. The van der Waals surface area contributed by atoms with Crippen molar-refractivity contribution in [1.29, 1.82) is 0 Å². The molecule has 0 aliphatic heterocycles. The van der Waals surface area contributed by atoms with Gasteiger partial charge in [0.15, 0.2) is 11.5 Å². The van der Waals surface area contributed by atoms with E-state index in [1.807, 2.05) is 0 Å². The molecule has 0 atom stereocenters. The number of terminal acetylenes is 1. The first-order valence-electron chi connectivity index (χ1n) is 3.69. The van der Waals surface area contributed by atoms with E-state index in [1.54, 1.807) is 0 Å². The molecule has 1 amide bonds. The normalized spacial score (nSPS) is 9.07. The Labute approximate surface area is 80.4 Å². The van der Waals surface area contributed by atoms with Gasteiger partial charge >= 0.3 is 0 Å². The lowest BCUT2D eigenvalue weighted by Gasteiger charge is -2.01. The van der Waals surface area contributed by atoms with Gasteiger partial charge in [-0.25, -0.2) is 5.48 Å². The summed E-state index contributed by atoms with van der Waals surface area (Å²) in [4.78, 5) is 15.4. The Morgan fingerprint density at radius 2 is 2.43 bits per heavy atom. The van der Waals surface area contributed by atoms with Gasteiger partial charge in [-0.2, -0.15) is 0 Å². The Morgan fingerprint density at radius 1 is 1.64 bits per heavy atom. The van der Waals surface area contributed by atoms with Gasteiger partial charge in [0.25, 0.3) is 5.91 Å². The molecule has 1 aromatic heterocycles. The summed E-state index contributed by atoms with van der Waals surface area (Å²) in [5, 5.41) is 7.15. The van der Waals surface area contributed by atoms with E-state index in [1.165, 1.54) is 12.1 Å². The summed E-state index contributed by atoms with van der Waals surface area (Å²) in [5.41, 5.74) is 7.50. The smallest absolute Gasteiger partial charge is 0.269 e. The zero-order chi connectivity index (χ0) is 10.4. The molecule has 0 unspecified atom stereocenters. The highest BCUT2D eigenvalue weighted by Gasteiger charge is 2.02. The van der Waals surface area contributed by atoms with Crippen molar-refractivity contribution in [3.63, 3.8) is 0 Å². The van der Waals surface area contributed by atoms with E-state index in [4.69, 9.17) is 17.0 Å². The number of rotatable bonds is 4. The number of nitrogens with zero attached hydrogens (tertiary/aromatic N) is 2. The number of aromatic nitrogens is 2. The maximum absolute atomic E-state index is 10.6. The third kappa shape index (κ3) is 2.73. The van der Waals surface area contributed by atoms with E-state index in [-0.39, 0.29) is 12.3 Å². The lowest BCUT2D eigenvalue weighted by Crippen LogP contribution is -2.14. The Bertz CT molecular complexity index is 355. The van der Waals surface area contributed by atoms with Crippen molar-refractivity contribution in [2.24, 2.45) is 5.73 Å². The van der Waals surface area contributed by atoms with Crippen LogP contribution in [-0.4, -0.2) is 22.7 Å². The fourth-order valence-corrected chi connectivity index (χ4v) is 0.670. The van der Waals surface area contributed by atoms with E-state index in [9.17, 15) is 4.79 Å². The second-order valence-electron chi connectivity index (χ2n) is 2.26. The van der Waals surface area contributed by atoms with Crippen molar-refractivity contribution in [3.05, 3.63) is 17.8 Å². The van der Waals surface area contributed by atoms with Crippen LogP contribution in [0.3, 0.4) is 0 Å². The summed E-state index contributed by atoms with van der Waals surface area (Å²) in [6.07, 6.45) is 4.94. The summed E-state index contributed by atoms with van der Waals surface area (Å²) in [6.45, 7) is 0.110. The van der Waals surface area contributed by atoms with Gasteiger partial charge in [0, 0.05) is 0 Å². The van der Waals surface area contributed by atoms with E-state index in [0.29, 0.717) is 5.82 Å². The van der Waals surface area contributed by atoms with Crippen LogP contribution in [0.2, 0.25) is 0 Å². The molecule has 0 aliphatic carbocycles. The molecule has 1 aromatic rings. The van der Waals surface area contributed by atoms with Crippen LogP contribution in [0.25, 0.3) is 0 Å².